The predicted octanol–water partition coefficient (Wildman–Crippen LogP) is 4.89. The second-order valence-corrected chi connectivity index (χ2v) is 6.74. The summed E-state index contributed by atoms with van der Waals surface area (Å²) in [4.78, 5) is 10.8. The van der Waals surface area contributed by atoms with E-state index in [-0.39, 0.29) is 17.8 Å². The van der Waals surface area contributed by atoms with Crippen LogP contribution in [0.1, 0.15) is 41.3 Å². The first kappa shape index (κ1) is 18.6. The minimum Gasteiger partial charge on any atom is -0.497 e. The minimum absolute atomic E-state index is 0.0924. The third-order valence-corrected chi connectivity index (χ3v) is 4.64. The molecule has 1 N–H and O–H groups in total. The molecule has 3 aromatic rings. The van der Waals surface area contributed by atoms with Gasteiger partial charge in [0.25, 0.3) is 0 Å². The van der Waals surface area contributed by atoms with Crippen molar-refractivity contribution in [1.29, 1.82) is 0 Å². The van der Waals surface area contributed by atoms with E-state index in [0.29, 0.717) is 11.5 Å². The Morgan fingerprint density at radius 1 is 0.926 bits per heavy atom. The average molecular weight is 366 g/mol. The van der Waals surface area contributed by atoms with E-state index in [2.05, 4.69) is 26.0 Å². The number of hydrogen-bond donors (Lipinski definition) is 1. The van der Waals surface area contributed by atoms with Gasteiger partial charge >= 0.3 is 5.97 Å². The van der Waals surface area contributed by atoms with Crippen LogP contribution in [0, 0.1) is 0 Å². The fourth-order valence-electron chi connectivity index (χ4n) is 2.87. The number of carbonyl (C=O) groups is 1. The molecule has 0 atom stereocenters. The molecule has 140 valence electrons. The van der Waals surface area contributed by atoms with Gasteiger partial charge in [-0.05, 0) is 47.5 Å². The van der Waals surface area contributed by atoms with Crippen LogP contribution in [0.4, 0.5) is 0 Å². The number of rotatable bonds is 7. The molecule has 0 spiro atoms. The van der Waals surface area contributed by atoms with Crippen molar-refractivity contribution in [2.75, 3.05) is 7.11 Å². The molecule has 0 fully saturated rings. The lowest BCUT2D eigenvalue weighted by molar-refractivity contribution is 0.0658. The van der Waals surface area contributed by atoms with Gasteiger partial charge in [0.15, 0.2) is 0 Å². The number of aromatic carboxylic acids is 1. The smallest absolute Gasteiger partial charge is 0.371 e. The molecule has 0 amide bonds. The lowest BCUT2D eigenvalue weighted by atomic mass is 9.78. The van der Waals surface area contributed by atoms with Gasteiger partial charge in [-0.15, -0.1) is 0 Å². The molecule has 0 saturated heterocycles. The highest BCUT2D eigenvalue weighted by Gasteiger charge is 2.23. The van der Waals surface area contributed by atoms with Gasteiger partial charge < -0.3 is 19.0 Å². The zero-order valence-electron chi connectivity index (χ0n) is 15.6. The van der Waals surface area contributed by atoms with Crippen molar-refractivity contribution in [3.05, 3.63) is 83.3 Å². The molecule has 0 aliphatic heterocycles. The van der Waals surface area contributed by atoms with Gasteiger partial charge in [-0.2, -0.15) is 0 Å². The van der Waals surface area contributed by atoms with Crippen LogP contribution in [0.25, 0.3) is 0 Å². The maximum Gasteiger partial charge on any atom is 0.371 e. The van der Waals surface area contributed by atoms with Crippen LogP contribution in [0.3, 0.4) is 0 Å². The van der Waals surface area contributed by atoms with Crippen molar-refractivity contribution in [3.8, 4) is 11.5 Å². The van der Waals surface area contributed by atoms with Crippen molar-refractivity contribution in [2.45, 2.75) is 25.9 Å². The molecule has 0 saturated carbocycles. The predicted molar refractivity (Wildman–Crippen MR) is 102 cm³/mol. The molecule has 27 heavy (non-hydrogen) atoms. The lowest BCUT2D eigenvalue weighted by Gasteiger charge is -2.26. The van der Waals surface area contributed by atoms with Crippen molar-refractivity contribution in [3.63, 3.8) is 0 Å². The molecule has 0 bridgehead atoms. The molecule has 5 heteroatoms. The quantitative estimate of drug-likeness (QED) is 0.645. The summed E-state index contributed by atoms with van der Waals surface area (Å²) in [6.07, 6.45) is 0. The largest absolute Gasteiger partial charge is 0.497 e. The molecule has 0 aliphatic carbocycles. The average Bonchev–Trinajstić information content (AvgIpc) is 3.16. The molecule has 0 unspecified atom stereocenters. The Morgan fingerprint density at radius 2 is 1.48 bits per heavy atom. The van der Waals surface area contributed by atoms with Crippen LogP contribution in [-0.4, -0.2) is 18.2 Å². The summed E-state index contributed by atoms with van der Waals surface area (Å²) in [6.45, 7) is 4.51. The summed E-state index contributed by atoms with van der Waals surface area (Å²) in [5, 5.41) is 8.87. The second kappa shape index (κ2) is 7.58. The van der Waals surface area contributed by atoms with E-state index >= 15 is 0 Å². The van der Waals surface area contributed by atoms with E-state index in [1.807, 2.05) is 36.4 Å². The summed E-state index contributed by atoms with van der Waals surface area (Å²) in [7, 11) is 1.66. The first-order chi connectivity index (χ1) is 12.9. The number of carboxylic acid groups (broad SMARTS) is 1. The summed E-state index contributed by atoms with van der Waals surface area (Å²) in [5.41, 5.74) is 2.18. The van der Waals surface area contributed by atoms with Crippen LogP contribution in [0.2, 0.25) is 0 Å². The van der Waals surface area contributed by atoms with E-state index in [4.69, 9.17) is 19.0 Å². The number of methoxy groups -OCH3 is 1. The molecule has 0 aliphatic rings. The van der Waals surface area contributed by atoms with E-state index in [9.17, 15) is 4.79 Å². The highest BCUT2D eigenvalue weighted by Crippen LogP contribution is 2.33. The second-order valence-electron chi connectivity index (χ2n) is 6.74. The molecular formula is C22H22O5. The first-order valence-corrected chi connectivity index (χ1v) is 8.60. The van der Waals surface area contributed by atoms with Gasteiger partial charge in [0.1, 0.15) is 23.9 Å². The van der Waals surface area contributed by atoms with Gasteiger partial charge in [0.2, 0.25) is 5.76 Å². The zero-order valence-corrected chi connectivity index (χ0v) is 15.6. The van der Waals surface area contributed by atoms with Crippen molar-refractivity contribution < 1.29 is 23.8 Å². The van der Waals surface area contributed by atoms with Gasteiger partial charge in [0, 0.05) is 5.41 Å². The van der Waals surface area contributed by atoms with Crippen molar-refractivity contribution >= 4 is 5.97 Å². The van der Waals surface area contributed by atoms with Crippen LogP contribution < -0.4 is 9.47 Å². The van der Waals surface area contributed by atoms with Crippen molar-refractivity contribution in [2.24, 2.45) is 0 Å². The number of carboxylic acids is 1. The molecule has 1 heterocycles. The van der Waals surface area contributed by atoms with Gasteiger partial charge in [0.05, 0.1) is 7.11 Å². The van der Waals surface area contributed by atoms with Crippen LogP contribution in [0.15, 0.2) is 65.1 Å². The fraction of sp³-hybridized carbons (Fsp3) is 0.227. The standard InChI is InChI=1S/C22H22O5/c1-22(2,15-4-8-17(25-3)9-5-15)16-6-10-18(11-7-16)26-14-19-12-13-20(27-19)21(23)24/h4-13H,14H2,1-3H3,(H,23,24). The van der Waals surface area contributed by atoms with E-state index in [1.54, 1.807) is 13.2 Å². The SMILES string of the molecule is COc1ccc(C(C)(C)c2ccc(OCc3ccc(C(=O)O)o3)cc2)cc1. The molecule has 1 aromatic heterocycles. The number of ether oxygens (including phenoxy) is 2. The highest BCUT2D eigenvalue weighted by molar-refractivity contribution is 5.84. The van der Waals surface area contributed by atoms with E-state index in [0.717, 1.165) is 11.3 Å². The minimum atomic E-state index is -1.09. The lowest BCUT2D eigenvalue weighted by Crippen LogP contribution is -2.18. The summed E-state index contributed by atoms with van der Waals surface area (Å²) < 4.78 is 16.1. The van der Waals surface area contributed by atoms with Gasteiger partial charge in [-0.1, -0.05) is 38.1 Å². The fourth-order valence-corrected chi connectivity index (χ4v) is 2.87. The van der Waals surface area contributed by atoms with Crippen LogP contribution >= 0.6 is 0 Å². The molecular weight excluding hydrogens is 344 g/mol. The molecule has 5 nitrogen and oxygen atoms in total. The molecule has 0 radical (unpaired) electrons. The Kier molecular flexibility index (Phi) is 5.21. The van der Waals surface area contributed by atoms with E-state index < -0.39 is 5.97 Å². The zero-order chi connectivity index (χ0) is 19.4. The molecule has 2 aromatic carbocycles. The summed E-state index contributed by atoms with van der Waals surface area (Å²) in [5.74, 6) is 0.812. The monoisotopic (exact) mass is 366 g/mol. The van der Waals surface area contributed by atoms with Gasteiger partial charge in [-0.25, -0.2) is 4.79 Å². The maximum absolute atomic E-state index is 10.8. The number of furan rings is 1. The Balaban J connectivity index is 1.68. The summed E-state index contributed by atoms with van der Waals surface area (Å²) in [6, 6.07) is 19.0. The maximum atomic E-state index is 10.8. The first-order valence-electron chi connectivity index (χ1n) is 8.60. The Morgan fingerprint density at radius 3 is 1.96 bits per heavy atom. The molecule has 3 rings (SSSR count). The summed E-state index contributed by atoms with van der Waals surface area (Å²) >= 11 is 0. The van der Waals surface area contributed by atoms with Gasteiger partial charge in [-0.3, -0.25) is 0 Å². The third-order valence-electron chi connectivity index (χ3n) is 4.64. The topological polar surface area (TPSA) is 68.9 Å². The van der Waals surface area contributed by atoms with Crippen LogP contribution in [-0.2, 0) is 12.0 Å². The number of hydrogen-bond acceptors (Lipinski definition) is 4. The highest BCUT2D eigenvalue weighted by atomic mass is 16.5. The Bertz CT molecular complexity index is 905. The number of benzene rings is 2. The Hall–Kier alpha value is -3.21. The van der Waals surface area contributed by atoms with Crippen LogP contribution in [0.5, 0.6) is 11.5 Å². The van der Waals surface area contributed by atoms with E-state index in [1.165, 1.54) is 11.6 Å². The Labute approximate surface area is 158 Å². The third kappa shape index (κ3) is 4.14. The normalized spacial score (nSPS) is 11.2. The van der Waals surface area contributed by atoms with Crippen molar-refractivity contribution in [1.82, 2.24) is 0 Å².